The Hall–Kier alpha value is -0.790. The van der Waals surface area contributed by atoms with Gasteiger partial charge in [0.15, 0.2) is 5.03 Å². The molecule has 0 unspecified atom stereocenters. The Morgan fingerprint density at radius 2 is 2.07 bits per heavy atom. The van der Waals surface area contributed by atoms with E-state index in [2.05, 4.69) is 4.98 Å². The molecule has 0 saturated carbocycles. The Bertz CT molecular complexity index is 464. The summed E-state index contributed by atoms with van der Waals surface area (Å²) in [7, 11) is 0.984. The summed E-state index contributed by atoms with van der Waals surface area (Å²) in [6.45, 7) is -0.278. The summed E-state index contributed by atoms with van der Waals surface area (Å²) in [6.07, 6.45) is -2.75. The lowest BCUT2D eigenvalue weighted by molar-refractivity contribution is 0.149. The molecule has 0 amide bonds. The van der Waals surface area contributed by atoms with Crippen molar-refractivity contribution in [3.8, 4) is 0 Å². The zero-order valence-electron chi connectivity index (χ0n) is 7.32. The number of nitrogens with zero attached hydrogens (tertiary/aromatic N) is 1. The molecule has 0 spiro atoms. The van der Waals surface area contributed by atoms with Crippen molar-refractivity contribution in [3.63, 3.8) is 0 Å². The number of aromatic nitrogens is 1. The van der Waals surface area contributed by atoms with Crippen LogP contribution in [-0.4, -0.2) is 13.4 Å². The van der Waals surface area contributed by atoms with Crippen LogP contribution in [0.3, 0.4) is 0 Å². The van der Waals surface area contributed by atoms with Crippen LogP contribution in [0.4, 0.5) is 8.78 Å². The molecule has 0 atom stereocenters. The Morgan fingerprint density at radius 1 is 1.47 bits per heavy atom. The lowest BCUT2D eigenvalue weighted by atomic mass is 10.2. The van der Waals surface area contributed by atoms with Gasteiger partial charge in [0.1, 0.15) is 0 Å². The van der Waals surface area contributed by atoms with E-state index in [-0.39, 0.29) is 17.8 Å². The fourth-order valence-electron chi connectivity index (χ4n) is 0.990. The first kappa shape index (κ1) is 12.3. The molecule has 0 aliphatic heterocycles. The normalized spacial score (nSPS) is 12.1. The van der Waals surface area contributed by atoms with Crippen LogP contribution in [0.15, 0.2) is 17.2 Å². The molecule has 1 rings (SSSR count). The van der Waals surface area contributed by atoms with E-state index in [0.29, 0.717) is 0 Å². The number of nitrogens with two attached hydrogens (primary N) is 1. The summed E-state index contributed by atoms with van der Waals surface area (Å²) in [5.41, 5.74) is 4.61. The van der Waals surface area contributed by atoms with Crippen LogP contribution >= 0.6 is 10.7 Å². The van der Waals surface area contributed by atoms with Gasteiger partial charge >= 0.3 is 0 Å². The highest BCUT2D eigenvalue weighted by atomic mass is 35.7. The van der Waals surface area contributed by atoms with Crippen LogP contribution in [0.5, 0.6) is 0 Å². The number of hydrogen-bond acceptors (Lipinski definition) is 4. The first-order valence-electron chi connectivity index (χ1n) is 3.79. The van der Waals surface area contributed by atoms with Gasteiger partial charge in [0.05, 0.1) is 5.69 Å². The summed E-state index contributed by atoms with van der Waals surface area (Å²) in [6, 6.07) is 1.87. The number of halogens is 3. The average Bonchev–Trinajstić information content (AvgIpc) is 2.15. The van der Waals surface area contributed by atoms with Crippen molar-refractivity contribution in [1.29, 1.82) is 0 Å². The molecule has 1 aromatic rings. The van der Waals surface area contributed by atoms with Gasteiger partial charge in [-0.05, 0) is 12.1 Å². The minimum Gasteiger partial charge on any atom is -0.325 e. The smallest absolute Gasteiger partial charge is 0.278 e. The van der Waals surface area contributed by atoms with Crippen LogP contribution in [0.25, 0.3) is 0 Å². The van der Waals surface area contributed by atoms with Crippen molar-refractivity contribution in [2.75, 3.05) is 0 Å². The first-order chi connectivity index (χ1) is 6.86. The molecule has 1 heterocycles. The largest absolute Gasteiger partial charge is 0.325 e. The van der Waals surface area contributed by atoms with Gasteiger partial charge in [0.25, 0.3) is 15.5 Å². The summed E-state index contributed by atoms with van der Waals surface area (Å²) in [5, 5.41) is -0.478. The molecule has 0 radical (unpaired) electrons. The molecule has 0 aliphatic rings. The monoisotopic (exact) mass is 256 g/mol. The second kappa shape index (κ2) is 4.38. The summed E-state index contributed by atoms with van der Waals surface area (Å²) in [5.74, 6) is 0. The maximum Gasteiger partial charge on any atom is 0.278 e. The standard InChI is InChI=1S/C7H7ClF2N2O2S/c8-15(13,14)6-2-1-4(7(9)10)5(3-11)12-6/h1-2,7H,3,11H2. The van der Waals surface area contributed by atoms with Crippen molar-refractivity contribution in [3.05, 3.63) is 23.4 Å². The van der Waals surface area contributed by atoms with Crippen molar-refractivity contribution >= 4 is 19.7 Å². The topological polar surface area (TPSA) is 73.0 Å². The van der Waals surface area contributed by atoms with Gasteiger partial charge in [-0.15, -0.1) is 0 Å². The van der Waals surface area contributed by atoms with Crippen LogP contribution < -0.4 is 5.73 Å². The average molecular weight is 257 g/mol. The molecule has 0 aromatic carbocycles. The quantitative estimate of drug-likeness (QED) is 0.830. The predicted octanol–water partition coefficient (Wildman–Crippen LogP) is 1.41. The molecule has 15 heavy (non-hydrogen) atoms. The molecular weight excluding hydrogens is 250 g/mol. The zero-order valence-corrected chi connectivity index (χ0v) is 8.89. The maximum absolute atomic E-state index is 12.4. The first-order valence-corrected chi connectivity index (χ1v) is 6.10. The van der Waals surface area contributed by atoms with Gasteiger partial charge in [-0.1, -0.05) is 0 Å². The Kier molecular flexibility index (Phi) is 3.58. The summed E-state index contributed by atoms with van der Waals surface area (Å²) < 4.78 is 46.4. The van der Waals surface area contributed by atoms with Gasteiger partial charge < -0.3 is 5.73 Å². The third-order valence-corrected chi connectivity index (χ3v) is 2.86. The highest BCUT2D eigenvalue weighted by Crippen LogP contribution is 2.23. The Balaban J connectivity index is 3.32. The summed E-state index contributed by atoms with van der Waals surface area (Å²) in [4.78, 5) is 3.46. The van der Waals surface area contributed by atoms with Crippen molar-refractivity contribution in [2.45, 2.75) is 18.0 Å². The van der Waals surface area contributed by atoms with Crippen LogP contribution in [0.2, 0.25) is 0 Å². The highest BCUT2D eigenvalue weighted by Gasteiger charge is 2.18. The second-order valence-corrected chi connectivity index (χ2v) is 5.14. The lowest BCUT2D eigenvalue weighted by Gasteiger charge is -2.06. The van der Waals surface area contributed by atoms with E-state index < -0.39 is 20.5 Å². The summed E-state index contributed by atoms with van der Waals surface area (Å²) >= 11 is 0. The molecule has 0 bridgehead atoms. The molecular formula is C7H7ClF2N2O2S. The Labute approximate surface area is 89.5 Å². The SMILES string of the molecule is NCc1nc(S(=O)(=O)Cl)ccc1C(F)F. The maximum atomic E-state index is 12.4. The number of rotatable bonds is 3. The van der Waals surface area contributed by atoms with Crippen molar-refractivity contribution in [1.82, 2.24) is 4.98 Å². The van der Waals surface area contributed by atoms with Gasteiger partial charge in [-0.25, -0.2) is 22.2 Å². The van der Waals surface area contributed by atoms with Crippen LogP contribution in [-0.2, 0) is 15.6 Å². The van der Waals surface area contributed by atoms with E-state index in [4.69, 9.17) is 16.4 Å². The predicted molar refractivity (Wildman–Crippen MR) is 50.1 cm³/mol. The highest BCUT2D eigenvalue weighted by molar-refractivity contribution is 8.13. The minimum absolute atomic E-state index is 0.174. The molecule has 0 fully saturated rings. The molecule has 84 valence electrons. The van der Waals surface area contributed by atoms with Crippen molar-refractivity contribution in [2.24, 2.45) is 5.73 Å². The lowest BCUT2D eigenvalue weighted by Crippen LogP contribution is -2.08. The molecule has 0 saturated heterocycles. The minimum atomic E-state index is -4.02. The number of alkyl halides is 2. The zero-order chi connectivity index (χ0) is 11.6. The third-order valence-electron chi connectivity index (χ3n) is 1.66. The van der Waals surface area contributed by atoms with Crippen LogP contribution in [0.1, 0.15) is 17.7 Å². The van der Waals surface area contributed by atoms with E-state index in [1.54, 1.807) is 0 Å². The molecule has 1 aromatic heterocycles. The second-order valence-electron chi connectivity index (χ2n) is 2.63. The van der Waals surface area contributed by atoms with E-state index >= 15 is 0 Å². The fourth-order valence-corrected chi connectivity index (χ4v) is 1.70. The molecule has 8 heteroatoms. The van der Waals surface area contributed by atoms with E-state index in [1.807, 2.05) is 0 Å². The molecule has 2 N–H and O–H groups in total. The molecule has 4 nitrogen and oxygen atoms in total. The fraction of sp³-hybridized carbons (Fsp3) is 0.286. The van der Waals surface area contributed by atoms with Crippen molar-refractivity contribution < 1.29 is 17.2 Å². The van der Waals surface area contributed by atoms with Crippen LogP contribution in [0, 0.1) is 0 Å². The van der Waals surface area contributed by atoms with Gasteiger partial charge in [-0.2, -0.15) is 0 Å². The van der Waals surface area contributed by atoms with Gasteiger partial charge in [0, 0.05) is 22.8 Å². The number of pyridine rings is 1. The third kappa shape index (κ3) is 2.83. The number of hydrogen-bond donors (Lipinski definition) is 1. The van der Waals surface area contributed by atoms with E-state index in [1.165, 1.54) is 0 Å². The van der Waals surface area contributed by atoms with Gasteiger partial charge in [-0.3, -0.25) is 0 Å². The van der Waals surface area contributed by atoms with Gasteiger partial charge in [0.2, 0.25) is 0 Å². The molecule has 0 aliphatic carbocycles. The van der Waals surface area contributed by atoms with E-state index in [9.17, 15) is 17.2 Å². The Morgan fingerprint density at radius 3 is 2.47 bits per heavy atom. The van der Waals surface area contributed by atoms with E-state index in [0.717, 1.165) is 12.1 Å².